The Balaban J connectivity index is 1.62. The molecule has 0 saturated heterocycles. The van der Waals surface area contributed by atoms with Crippen molar-refractivity contribution >= 4 is 18.1 Å². The molecule has 2 aromatic carbocycles. The number of amides is 1. The molecule has 0 aliphatic heterocycles. The highest BCUT2D eigenvalue weighted by Crippen LogP contribution is 2.14. The smallest absolute Gasteiger partial charge is 0.343 e. The maximum absolute atomic E-state index is 12.1. The van der Waals surface area contributed by atoms with Crippen LogP contribution in [0.4, 0.5) is 0 Å². The van der Waals surface area contributed by atoms with Gasteiger partial charge in [-0.25, -0.2) is 10.2 Å². The molecular weight excluding hydrogens is 330 g/mol. The molecule has 26 heavy (non-hydrogen) atoms. The second-order valence-electron chi connectivity index (χ2n) is 5.27. The van der Waals surface area contributed by atoms with Gasteiger partial charge < -0.3 is 4.74 Å². The van der Waals surface area contributed by atoms with Gasteiger partial charge in [0.05, 0.1) is 17.3 Å². The summed E-state index contributed by atoms with van der Waals surface area (Å²) < 4.78 is 5.34. The summed E-state index contributed by atoms with van der Waals surface area (Å²) in [6.45, 7) is 0. The van der Waals surface area contributed by atoms with Crippen LogP contribution in [-0.2, 0) is 0 Å². The Morgan fingerprint density at radius 3 is 2.54 bits per heavy atom. The van der Waals surface area contributed by atoms with Gasteiger partial charge in [-0.2, -0.15) is 5.10 Å². The van der Waals surface area contributed by atoms with Crippen LogP contribution < -0.4 is 10.2 Å². The third-order valence-electron chi connectivity index (χ3n) is 3.38. The monoisotopic (exact) mass is 345 g/mol. The average Bonchev–Trinajstić information content (AvgIpc) is 2.69. The first kappa shape index (κ1) is 17.0. The van der Waals surface area contributed by atoms with Gasteiger partial charge in [-0.3, -0.25) is 9.78 Å². The fourth-order valence-electron chi connectivity index (χ4n) is 2.13. The molecule has 0 radical (unpaired) electrons. The molecular formula is C20H15N3O3. The fourth-order valence-corrected chi connectivity index (χ4v) is 2.13. The van der Waals surface area contributed by atoms with E-state index in [2.05, 4.69) is 15.5 Å². The van der Waals surface area contributed by atoms with Gasteiger partial charge >= 0.3 is 5.97 Å². The van der Waals surface area contributed by atoms with Gasteiger partial charge in [-0.1, -0.05) is 30.3 Å². The molecule has 6 nitrogen and oxygen atoms in total. The zero-order valence-electron chi connectivity index (χ0n) is 13.7. The first-order chi connectivity index (χ1) is 12.7. The normalized spacial score (nSPS) is 10.5. The van der Waals surface area contributed by atoms with E-state index in [0.29, 0.717) is 22.4 Å². The summed E-state index contributed by atoms with van der Waals surface area (Å²) in [5.41, 5.74) is 3.97. The van der Waals surface area contributed by atoms with E-state index >= 15 is 0 Å². The minimum atomic E-state index is -0.440. The molecule has 1 N–H and O–H groups in total. The second kappa shape index (κ2) is 8.34. The summed E-state index contributed by atoms with van der Waals surface area (Å²) in [7, 11) is 0. The second-order valence-corrected chi connectivity index (χ2v) is 5.27. The number of aromatic nitrogens is 1. The van der Waals surface area contributed by atoms with E-state index in [1.165, 1.54) is 12.4 Å². The van der Waals surface area contributed by atoms with Crippen molar-refractivity contribution in [2.24, 2.45) is 5.10 Å². The van der Waals surface area contributed by atoms with E-state index in [9.17, 15) is 9.59 Å². The first-order valence-electron chi connectivity index (χ1n) is 7.83. The Morgan fingerprint density at radius 1 is 0.962 bits per heavy atom. The van der Waals surface area contributed by atoms with Crippen molar-refractivity contribution in [3.05, 3.63) is 95.8 Å². The summed E-state index contributed by atoms with van der Waals surface area (Å²) in [5.74, 6) is -0.410. The highest BCUT2D eigenvalue weighted by atomic mass is 16.5. The molecule has 0 spiro atoms. The van der Waals surface area contributed by atoms with Crippen LogP contribution in [-0.4, -0.2) is 23.1 Å². The third-order valence-corrected chi connectivity index (χ3v) is 3.38. The predicted octanol–water partition coefficient (Wildman–Crippen LogP) is 3.06. The average molecular weight is 345 g/mol. The molecule has 1 amide bonds. The largest absolute Gasteiger partial charge is 0.423 e. The van der Waals surface area contributed by atoms with Crippen molar-refractivity contribution in [3.63, 3.8) is 0 Å². The minimum absolute atomic E-state index is 0.360. The quantitative estimate of drug-likeness (QED) is 0.333. The number of nitrogens with zero attached hydrogens (tertiary/aromatic N) is 2. The number of esters is 1. The Bertz CT molecular complexity index is 925. The number of pyridine rings is 1. The minimum Gasteiger partial charge on any atom is -0.423 e. The number of benzene rings is 2. The van der Waals surface area contributed by atoms with Crippen LogP contribution in [0, 0.1) is 0 Å². The zero-order valence-corrected chi connectivity index (χ0v) is 13.7. The summed E-state index contributed by atoms with van der Waals surface area (Å²) in [4.78, 5) is 27.8. The summed E-state index contributed by atoms with van der Waals surface area (Å²) in [6.07, 6.45) is 4.50. The van der Waals surface area contributed by atoms with Crippen LogP contribution in [0.3, 0.4) is 0 Å². The summed E-state index contributed by atoms with van der Waals surface area (Å²) in [6, 6.07) is 18.9. The lowest BCUT2D eigenvalue weighted by molar-refractivity contribution is 0.0734. The predicted molar refractivity (Wildman–Crippen MR) is 97.1 cm³/mol. The van der Waals surface area contributed by atoms with Crippen molar-refractivity contribution in [2.45, 2.75) is 0 Å². The highest BCUT2D eigenvalue weighted by Gasteiger charge is 2.08. The number of ether oxygens (including phenoxy) is 1. The molecule has 0 fully saturated rings. The number of carbonyl (C=O) groups is 2. The van der Waals surface area contributed by atoms with Crippen molar-refractivity contribution < 1.29 is 14.3 Å². The zero-order chi connectivity index (χ0) is 18.2. The molecule has 0 atom stereocenters. The maximum atomic E-state index is 12.1. The van der Waals surface area contributed by atoms with E-state index in [1.807, 2.05) is 6.07 Å². The van der Waals surface area contributed by atoms with Gasteiger partial charge in [-0.05, 0) is 42.0 Å². The van der Waals surface area contributed by atoms with Crippen LogP contribution in [0.5, 0.6) is 5.75 Å². The van der Waals surface area contributed by atoms with Crippen LogP contribution in [0.15, 0.2) is 84.2 Å². The fraction of sp³-hybridized carbons (Fsp3) is 0. The van der Waals surface area contributed by atoms with Gasteiger partial charge in [0.15, 0.2) is 0 Å². The molecule has 0 saturated carbocycles. The molecule has 6 heteroatoms. The van der Waals surface area contributed by atoms with Crippen LogP contribution in [0.2, 0.25) is 0 Å². The Hall–Kier alpha value is -3.80. The molecule has 0 unspecified atom stereocenters. The van der Waals surface area contributed by atoms with Crippen molar-refractivity contribution in [1.82, 2.24) is 10.4 Å². The Kier molecular flexibility index (Phi) is 5.47. The highest BCUT2D eigenvalue weighted by molar-refractivity contribution is 5.94. The van der Waals surface area contributed by atoms with Gasteiger partial charge in [0.25, 0.3) is 5.91 Å². The van der Waals surface area contributed by atoms with E-state index in [-0.39, 0.29) is 5.91 Å². The van der Waals surface area contributed by atoms with Gasteiger partial charge in [-0.15, -0.1) is 0 Å². The topological polar surface area (TPSA) is 80.6 Å². The first-order valence-corrected chi connectivity index (χ1v) is 7.83. The number of hydrogen-bond donors (Lipinski definition) is 1. The number of hydrazone groups is 1. The summed E-state index contributed by atoms with van der Waals surface area (Å²) >= 11 is 0. The van der Waals surface area contributed by atoms with Crippen molar-refractivity contribution in [3.8, 4) is 5.75 Å². The third kappa shape index (κ3) is 4.61. The van der Waals surface area contributed by atoms with E-state index in [0.717, 1.165) is 0 Å². The lowest BCUT2D eigenvalue weighted by atomic mass is 10.2. The van der Waals surface area contributed by atoms with Crippen molar-refractivity contribution in [1.29, 1.82) is 0 Å². The van der Waals surface area contributed by atoms with Crippen LogP contribution >= 0.6 is 0 Å². The summed E-state index contributed by atoms with van der Waals surface area (Å²) in [5, 5.41) is 3.90. The number of hydrogen-bond acceptors (Lipinski definition) is 5. The molecule has 3 aromatic rings. The van der Waals surface area contributed by atoms with Gasteiger partial charge in [0, 0.05) is 12.4 Å². The lowest BCUT2D eigenvalue weighted by Gasteiger charge is -2.05. The van der Waals surface area contributed by atoms with Crippen LogP contribution in [0.25, 0.3) is 0 Å². The number of carbonyl (C=O) groups excluding carboxylic acids is 2. The van der Waals surface area contributed by atoms with E-state index in [1.54, 1.807) is 66.9 Å². The molecule has 0 bridgehead atoms. The van der Waals surface area contributed by atoms with Crippen molar-refractivity contribution in [2.75, 3.05) is 0 Å². The number of rotatable bonds is 5. The van der Waals surface area contributed by atoms with Crippen LogP contribution in [0.1, 0.15) is 26.3 Å². The molecule has 1 aromatic heterocycles. The standard InChI is InChI=1S/C20H15N3O3/c24-19(17-9-5-11-21-14-17)23-22-13-15-6-4-10-18(12-15)26-20(25)16-7-2-1-3-8-16/h1-14H,(H,23,24). The lowest BCUT2D eigenvalue weighted by Crippen LogP contribution is -2.17. The van der Waals surface area contributed by atoms with Gasteiger partial charge in [0.2, 0.25) is 0 Å². The molecule has 1 heterocycles. The van der Waals surface area contributed by atoms with E-state index < -0.39 is 5.97 Å². The molecule has 0 aliphatic rings. The molecule has 128 valence electrons. The van der Waals surface area contributed by atoms with E-state index in [4.69, 9.17) is 4.74 Å². The number of nitrogens with one attached hydrogen (secondary N) is 1. The van der Waals surface area contributed by atoms with Gasteiger partial charge in [0.1, 0.15) is 5.75 Å². The Labute approximate surface area is 150 Å². The Morgan fingerprint density at radius 2 is 1.77 bits per heavy atom. The molecule has 3 rings (SSSR count). The SMILES string of the molecule is O=C(NN=Cc1cccc(OC(=O)c2ccccc2)c1)c1cccnc1. The molecule has 0 aliphatic carbocycles. The maximum Gasteiger partial charge on any atom is 0.343 e.